The first-order valence-corrected chi connectivity index (χ1v) is 8.62. The first kappa shape index (κ1) is 16.3. The van der Waals surface area contributed by atoms with E-state index in [1.807, 2.05) is 34.9 Å². The van der Waals surface area contributed by atoms with Crippen molar-refractivity contribution >= 4 is 11.7 Å². The molecule has 0 spiro atoms. The number of para-hydroxylation sites is 1. The van der Waals surface area contributed by atoms with Crippen molar-refractivity contribution in [3.05, 3.63) is 54.4 Å². The molecule has 4 rings (SSSR count). The molecule has 1 aromatic carbocycles. The fourth-order valence-electron chi connectivity index (χ4n) is 3.04. The minimum atomic E-state index is -0.253. The molecule has 3 heterocycles. The Bertz CT molecular complexity index is 937. The van der Waals surface area contributed by atoms with Crippen LogP contribution >= 0.6 is 0 Å². The zero-order valence-corrected chi connectivity index (χ0v) is 14.4. The van der Waals surface area contributed by atoms with Gasteiger partial charge in [0.05, 0.1) is 12.2 Å². The molecular formula is C19H19N5O2. The largest absolute Gasteiger partial charge is 0.493 e. The van der Waals surface area contributed by atoms with Gasteiger partial charge in [0.15, 0.2) is 5.82 Å². The average molecular weight is 349 g/mol. The van der Waals surface area contributed by atoms with Gasteiger partial charge in [0, 0.05) is 6.04 Å². The first-order valence-electron chi connectivity index (χ1n) is 8.62. The number of amides is 1. The van der Waals surface area contributed by atoms with Crippen molar-refractivity contribution < 1.29 is 9.53 Å². The molecule has 1 N–H and O–H groups in total. The van der Waals surface area contributed by atoms with Crippen molar-refractivity contribution in [1.29, 1.82) is 0 Å². The zero-order chi connectivity index (χ0) is 17.9. The molecule has 0 aliphatic carbocycles. The highest BCUT2D eigenvalue weighted by Gasteiger charge is 2.17. The van der Waals surface area contributed by atoms with Crippen LogP contribution < -0.4 is 10.1 Å². The number of anilines is 1. The quantitative estimate of drug-likeness (QED) is 0.673. The summed E-state index contributed by atoms with van der Waals surface area (Å²) in [5, 5.41) is 11.1. The van der Waals surface area contributed by atoms with Crippen LogP contribution in [0.2, 0.25) is 0 Å². The van der Waals surface area contributed by atoms with Crippen LogP contribution in [0.3, 0.4) is 0 Å². The van der Waals surface area contributed by atoms with Crippen LogP contribution in [0.4, 0.5) is 5.82 Å². The fourth-order valence-corrected chi connectivity index (χ4v) is 3.04. The Hall–Kier alpha value is -3.22. The molecular weight excluding hydrogens is 330 g/mol. The topological polar surface area (TPSA) is 81.9 Å². The summed E-state index contributed by atoms with van der Waals surface area (Å²) < 4.78 is 7.86. The lowest BCUT2D eigenvalue weighted by Crippen LogP contribution is -2.16. The summed E-state index contributed by atoms with van der Waals surface area (Å²) >= 11 is 0. The number of carbonyl (C=O) groups is 1. The molecule has 1 amide bonds. The van der Waals surface area contributed by atoms with Crippen molar-refractivity contribution in [2.75, 3.05) is 11.9 Å². The molecule has 0 fully saturated rings. The first-order chi connectivity index (χ1) is 12.7. The van der Waals surface area contributed by atoms with E-state index in [0.717, 1.165) is 12.8 Å². The van der Waals surface area contributed by atoms with Crippen molar-refractivity contribution in [2.24, 2.45) is 0 Å². The maximum absolute atomic E-state index is 12.7. The Labute approximate surface area is 151 Å². The van der Waals surface area contributed by atoms with Gasteiger partial charge >= 0.3 is 0 Å². The monoisotopic (exact) mass is 349 g/mol. The number of benzene rings is 1. The van der Waals surface area contributed by atoms with Crippen molar-refractivity contribution in [2.45, 2.75) is 25.8 Å². The number of ether oxygens (including phenoxy) is 1. The number of hydrogen-bond acceptors (Lipinski definition) is 5. The summed E-state index contributed by atoms with van der Waals surface area (Å²) in [6.45, 7) is 2.66. The van der Waals surface area contributed by atoms with E-state index in [1.165, 1.54) is 0 Å². The minimum Gasteiger partial charge on any atom is -0.493 e. The van der Waals surface area contributed by atoms with Crippen LogP contribution in [-0.4, -0.2) is 32.3 Å². The van der Waals surface area contributed by atoms with E-state index in [9.17, 15) is 4.79 Å². The summed E-state index contributed by atoms with van der Waals surface area (Å²) in [5.74, 6) is 1.47. The van der Waals surface area contributed by atoms with E-state index in [2.05, 4.69) is 27.4 Å². The van der Waals surface area contributed by atoms with E-state index in [-0.39, 0.29) is 11.9 Å². The lowest BCUT2D eigenvalue weighted by molar-refractivity contribution is 0.102. The van der Waals surface area contributed by atoms with Crippen molar-refractivity contribution in [1.82, 2.24) is 19.7 Å². The van der Waals surface area contributed by atoms with Gasteiger partial charge < -0.3 is 14.6 Å². The standard InChI is InChI=1S/C19H19N5O2/c1-13-6-5-11-26-16-9-3-2-7-14(16)19(25)22-17-10-4-8-15(21-17)18-23-20-12-24(13)18/h2-4,7-10,12-13H,5-6,11H2,1H3,(H,21,22,25)/t13-/m0/s1. The number of rotatable bonds is 0. The number of nitrogens with zero attached hydrogens (tertiary/aromatic N) is 4. The Kier molecular flexibility index (Phi) is 4.35. The maximum Gasteiger partial charge on any atom is 0.260 e. The Balaban J connectivity index is 1.76. The molecule has 7 nitrogen and oxygen atoms in total. The van der Waals surface area contributed by atoms with E-state index in [0.29, 0.717) is 35.3 Å². The van der Waals surface area contributed by atoms with E-state index >= 15 is 0 Å². The molecule has 132 valence electrons. The van der Waals surface area contributed by atoms with Crippen molar-refractivity contribution in [3.8, 4) is 17.3 Å². The second-order valence-electron chi connectivity index (χ2n) is 6.26. The normalized spacial score (nSPS) is 17.3. The second-order valence-corrected chi connectivity index (χ2v) is 6.26. The SMILES string of the molecule is C[C@H]1CCCOc2ccccc2C(=O)Nc2cccc(n2)-c2nncn21. The molecule has 0 saturated carbocycles. The van der Waals surface area contributed by atoms with Crippen LogP contribution in [0.25, 0.3) is 11.5 Å². The third-order valence-electron chi connectivity index (χ3n) is 4.42. The van der Waals surface area contributed by atoms with Gasteiger partial charge in [-0.1, -0.05) is 18.2 Å². The van der Waals surface area contributed by atoms with Gasteiger partial charge in [0.25, 0.3) is 5.91 Å². The third kappa shape index (κ3) is 3.15. The number of aromatic nitrogens is 4. The fraction of sp³-hybridized carbons (Fsp3) is 0.263. The van der Waals surface area contributed by atoms with Crippen LogP contribution in [0.1, 0.15) is 36.2 Å². The molecule has 2 bridgehead atoms. The summed E-state index contributed by atoms with van der Waals surface area (Å²) in [4.78, 5) is 17.2. The number of pyridine rings is 1. The highest BCUT2D eigenvalue weighted by atomic mass is 16.5. The maximum atomic E-state index is 12.7. The number of fused-ring (bicyclic) bond motifs is 5. The lowest BCUT2D eigenvalue weighted by atomic mass is 10.1. The molecule has 1 aliphatic rings. The number of nitrogens with one attached hydrogen (secondary N) is 1. The van der Waals surface area contributed by atoms with Gasteiger partial charge in [-0.05, 0) is 44.0 Å². The molecule has 0 radical (unpaired) electrons. The van der Waals surface area contributed by atoms with Gasteiger partial charge in [-0.2, -0.15) is 0 Å². The van der Waals surface area contributed by atoms with Crippen LogP contribution in [0.5, 0.6) is 5.75 Å². The van der Waals surface area contributed by atoms with Crippen LogP contribution in [0.15, 0.2) is 48.8 Å². The molecule has 1 aliphatic heterocycles. The van der Waals surface area contributed by atoms with E-state index < -0.39 is 0 Å². The van der Waals surface area contributed by atoms with E-state index in [4.69, 9.17) is 4.74 Å². The van der Waals surface area contributed by atoms with E-state index in [1.54, 1.807) is 18.5 Å². The van der Waals surface area contributed by atoms with Gasteiger partial charge in [-0.3, -0.25) is 4.79 Å². The predicted molar refractivity (Wildman–Crippen MR) is 97.1 cm³/mol. The van der Waals surface area contributed by atoms with Gasteiger partial charge in [0.2, 0.25) is 0 Å². The summed E-state index contributed by atoms with van der Waals surface area (Å²) in [6, 6.07) is 12.9. The number of hydrogen-bond donors (Lipinski definition) is 1. The molecule has 1 atom stereocenters. The minimum absolute atomic E-state index is 0.210. The lowest BCUT2D eigenvalue weighted by Gasteiger charge is -2.17. The summed E-state index contributed by atoms with van der Waals surface area (Å²) in [5.41, 5.74) is 1.17. The molecule has 7 heteroatoms. The smallest absolute Gasteiger partial charge is 0.260 e. The molecule has 3 aromatic rings. The highest BCUT2D eigenvalue weighted by Crippen LogP contribution is 2.25. The molecule has 0 unspecified atom stereocenters. The van der Waals surface area contributed by atoms with Gasteiger partial charge in [-0.15, -0.1) is 10.2 Å². The predicted octanol–water partition coefficient (Wildman–Crippen LogP) is 3.33. The second kappa shape index (κ2) is 6.95. The Morgan fingerprint density at radius 2 is 2.08 bits per heavy atom. The molecule has 2 aromatic heterocycles. The van der Waals surface area contributed by atoms with Crippen LogP contribution in [0, 0.1) is 0 Å². The van der Waals surface area contributed by atoms with Crippen molar-refractivity contribution in [3.63, 3.8) is 0 Å². The number of carbonyl (C=O) groups excluding carboxylic acids is 1. The zero-order valence-electron chi connectivity index (χ0n) is 14.4. The Morgan fingerprint density at radius 1 is 1.19 bits per heavy atom. The molecule has 0 saturated heterocycles. The average Bonchev–Trinajstić information content (AvgIpc) is 3.15. The summed E-state index contributed by atoms with van der Waals surface area (Å²) in [6.07, 6.45) is 3.47. The van der Waals surface area contributed by atoms with Gasteiger partial charge in [-0.25, -0.2) is 4.98 Å². The Morgan fingerprint density at radius 3 is 3.00 bits per heavy atom. The molecule has 26 heavy (non-hydrogen) atoms. The third-order valence-corrected chi connectivity index (χ3v) is 4.42. The summed E-state index contributed by atoms with van der Waals surface area (Å²) in [7, 11) is 0. The highest BCUT2D eigenvalue weighted by molar-refractivity contribution is 6.05. The van der Waals surface area contributed by atoms with Crippen LogP contribution in [-0.2, 0) is 0 Å². The van der Waals surface area contributed by atoms with Gasteiger partial charge in [0.1, 0.15) is 23.6 Å².